The van der Waals surface area contributed by atoms with Crippen LogP contribution < -0.4 is 5.32 Å². The lowest BCUT2D eigenvalue weighted by Crippen LogP contribution is -2.27. The zero-order valence-electron chi connectivity index (χ0n) is 11.8. The molecular weight excluding hydrogens is 283 g/mol. The minimum atomic E-state index is -4.07. The molecule has 7 heteroatoms. The molecule has 118 valence electrons. The van der Waals surface area contributed by atoms with E-state index < -0.39 is 12.1 Å². The number of halogens is 3. The largest absolute Gasteiger partial charge is 0.425 e. The van der Waals surface area contributed by atoms with E-state index in [1.807, 2.05) is 0 Å². The van der Waals surface area contributed by atoms with Crippen LogP contribution in [-0.2, 0) is 6.42 Å². The quantitative estimate of drug-likeness (QED) is 0.907. The Morgan fingerprint density at radius 1 is 1.05 bits per heavy atom. The van der Waals surface area contributed by atoms with Gasteiger partial charge in [-0.25, -0.2) is 0 Å². The summed E-state index contributed by atoms with van der Waals surface area (Å²) in [6.45, 7) is 0.813. The molecule has 1 heterocycles. The normalized spacial score (nSPS) is 27.0. The van der Waals surface area contributed by atoms with Gasteiger partial charge in [-0.3, -0.25) is 0 Å². The van der Waals surface area contributed by atoms with E-state index in [1.54, 1.807) is 0 Å². The van der Waals surface area contributed by atoms with E-state index >= 15 is 0 Å². The van der Waals surface area contributed by atoms with Gasteiger partial charge in [0.25, 0.3) is 0 Å². The lowest BCUT2D eigenvalue weighted by atomic mass is 9.81. The van der Waals surface area contributed by atoms with E-state index in [4.69, 9.17) is 4.42 Å². The van der Waals surface area contributed by atoms with Crippen molar-refractivity contribution in [3.8, 4) is 0 Å². The Kier molecular flexibility index (Phi) is 4.19. The molecule has 0 amide bonds. The van der Waals surface area contributed by atoms with Gasteiger partial charge in [-0.1, -0.05) is 0 Å². The number of nitrogens with one attached hydrogen (secondary N) is 1. The molecule has 0 unspecified atom stereocenters. The van der Waals surface area contributed by atoms with Crippen LogP contribution in [0.1, 0.15) is 56.2 Å². The standard InChI is InChI=1S/C14H20F3N3O/c15-14(16,17)10-3-1-9(2-4-10)13-20-19-12(21-13)7-8-18-11-5-6-11/h9-11,18H,1-8H2. The van der Waals surface area contributed by atoms with Gasteiger partial charge in [0.2, 0.25) is 11.8 Å². The van der Waals surface area contributed by atoms with Crippen LogP contribution >= 0.6 is 0 Å². The van der Waals surface area contributed by atoms with Crippen LogP contribution in [0.3, 0.4) is 0 Å². The second kappa shape index (κ2) is 5.94. The second-order valence-corrected chi connectivity index (χ2v) is 6.10. The Hall–Kier alpha value is -1.11. The van der Waals surface area contributed by atoms with Gasteiger partial charge in [-0.15, -0.1) is 10.2 Å². The van der Waals surface area contributed by atoms with E-state index in [-0.39, 0.29) is 18.8 Å². The fourth-order valence-electron chi connectivity index (χ4n) is 2.87. The summed E-state index contributed by atoms with van der Waals surface area (Å²) in [5.41, 5.74) is 0. The van der Waals surface area contributed by atoms with Crippen molar-refractivity contribution in [1.82, 2.24) is 15.5 Å². The van der Waals surface area contributed by atoms with Crippen molar-refractivity contribution >= 4 is 0 Å². The summed E-state index contributed by atoms with van der Waals surface area (Å²) < 4.78 is 43.5. The van der Waals surface area contributed by atoms with Crippen LogP contribution in [0.4, 0.5) is 13.2 Å². The predicted molar refractivity (Wildman–Crippen MR) is 69.8 cm³/mol. The monoisotopic (exact) mass is 303 g/mol. The highest BCUT2D eigenvalue weighted by Gasteiger charge is 2.42. The molecule has 2 aliphatic carbocycles. The molecule has 0 atom stereocenters. The van der Waals surface area contributed by atoms with Crippen LogP contribution in [0.2, 0.25) is 0 Å². The molecule has 3 rings (SSSR count). The van der Waals surface area contributed by atoms with E-state index in [0.717, 1.165) is 6.54 Å². The molecule has 2 saturated carbocycles. The first-order chi connectivity index (χ1) is 10.0. The van der Waals surface area contributed by atoms with Crippen LogP contribution in [0, 0.1) is 5.92 Å². The van der Waals surface area contributed by atoms with Crippen molar-refractivity contribution in [2.45, 2.75) is 63.1 Å². The van der Waals surface area contributed by atoms with Gasteiger partial charge in [-0.05, 0) is 38.5 Å². The number of nitrogens with zero attached hydrogens (tertiary/aromatic N) is 2. The van der Waals surface area contributed by atoms with E-state index in [9.17, 15) is 13.2 Å². The van der Waals surface area contributed by atoms with Gasteiger partial charge in [0, 0.05) is 24.9 Å². The molecule has 0 saturated heterocycles. The molecule has 21 heavy (non-hydrogen) atoms. The Morgan fingerprint density at radius 2 is 1.76 bits per heavy atom. The number of alkyl halides is 3. The van der Waals surface area contributed by atoms with E-state index in [2.05, 4.69) is 15.5 Å². The van der Waals surface area contributed by atoms with Gasteiger partial charge >= 0.3 is 6.18 Å². The molecule has 4 nitrogen and oxygen atoms in total. The number of rotatable bonds is 5. The lowest BCUT2D eigenvalue weighted by Gasteiger charge is -2.27. The SMILES string of the molecule is FC(F)(F)C1CCC(c2nnc(CCNC3CC3)o2)CC1. The van der Waals surface area contributed by atoms with Crippen LogP contribution in [0.15, 0.2) is 4.42 Å². The summed E-state index contributed by atoms with van der Waals surface area (Å²) in [4.78, 5) is 0. The summed E-state index contributed by atoms with van der Waals surface area (Å²) in [5, 5.41) is 11.4. The summed E-state index contributed by atoms with van der Waals surface area (Å²) in [7, 11) is 0. The van der Waals surface area contributed by atoms with Gasteiger partial charge in [0.1, 0.15) is 0 Å². The topological polar surface area (TPSA) is 51.0 Å². The molecule has 0 bridgehead atoms. The first-order valence-electron chi connectivity index (χ1n) is 7.65. The Balaban J connectivity index is 1.47. The minimum absolute atomic E-state index is 0.0127. The minimum Gasteiger partial charge on any atom is -0.425 e. The first-order valence-corrected chi connectivity index (χ1v) is 7.65. The average Bonchev–Trinajstić information content (AvgIpc) is 3.14. The van der Waals surface area contributed by atoms with Crippen LogP contribution in [0.25, 0.3) is 0 Å². The summed E-state index contributed by atoms with van der Waals surface area (Å²) in [6.07, 6.45) is 0.360. The zero-order valence-corrected chi connectivity index (χ0v) is 11.8. The fourth-order valence-corrected chi connectivity index (χ4v) is 2.87. The summed E-state index contributed by atoms with van der Waals surface area (Å²) in [6, 6.07) is 0.644. The Morgan fingerprint density at radius 3 is 2.38 bits per heavy atom. The number of hydrogen-bond acceptors (Lipinski definition) is 4. The maximum Gasteiger partial charge on any atom is 0.391 e. The van der Waals surface area contributed by atoms with Gasteiger partial charge < -0.3 is 9.73 Å². The van der Waals surface area contributed by atoms with Gasteiger partial charge in [0.05, 0.1) is 5.92 Å². The fraction of sp³-hybridized carbons (Fsp3) is 0.857. The molecular formula is C14H20F3N3O. The molecule has 0 aliphatic heterocycles. The molecule has 0 spiro atoms. The lowest BCUT2D eigenvalue weighted by molar-refractivity contribution is -0.182. The second-order valence-electron chi connectivity index (χ2n) is 6.10. The third kappa shape index (κ3) is 3.96. The molecule has 0 aromatic carbocycles. The maximum absolute atomic E-state index is 12.6. The van der Waals surface area contributed by atoms with Gasteiger partial charge in [0.15, 0.2) is 0 Å². The van der Waals surface area contributed by atoms with Crippen LogP contribution in [-0.4, -0.2) is 29.0 Å². The van der Waals surface area contributed by atoms with Crippen molar-refractivity contribution in [3.63, 3.8) is 0 Å². The van der Waals surface area contributed by atoms with Crippen molar-refractivity contribution in [2.75, 3.05) is 6.54 Å². The molecule has 2 aliphatic rings. The number of aromatic nitrogens is 2. The highest BCUT2D eigenvalue weighted by molar-refractivity contribution is 4.95. The number of hydrogen-bond donors (Lipinski definition) is 1. The Bertz CT molecular complexity index is 462. The highest BCUT2D eigenvalue weighted by atomic mass is 19.4. The predicted octanol–water partition coefficient (Wildman–Crippen LogP) is 3.20. The third-order valence-corrected chi connectivity index (χ3v) is 4.37. The van der Waals surface area contributed by atoms with E-state index in [1.165, 1.54) is 12.8 Å². The van der Waals surface area contributed by atoms with E-state index in [0.29, 0.717) is 37.1 Å². The zero-order chi connectivity index (χ0) is 14.9. The first kappa shape index (κ1) is 14.8. The van der Waals surface area contributed by atoms with Crippen molar-refractivity contribution in [3.05, 3.63) is 11.8 Å². The summed E-state index contributed by atoms with van der Waals surface area (Å²) in [5.74, 6) is -0.0896. The molecule has 2 fully saturated rings. The third-order valence-electron chi connectivity index (χ3n) is 4.37. The maximum atomic E-state index is 12.6. The van der Waals surface area contributed by atoms with Crippen LogP contribution in [0.5, 0.6) is 0 Å². The highest BCUT2D eigenvalue weighted by Crippen LogP contribution is 2.42. The van der Waals surface area contributed by atoms with Crippen molar-refractivity contribution in [1.29, 1.82) is 0 Å². The van der Waals surface area contributed by atoms with Crippen molar-refractivity contribution < 1.29 is 17.6 Å². The molecule has 0 radical (unpaired) electrons. The molecule has 1 N–H and O–H groups in total. The average molecular weight is 303 g/mol. The summed E-state index contributed by atoms with van der Waals surface area (Å²) >= 11 is 0. The smallest absolute Gasteiger partial charge is 0.391 e. The molecule has 1 aromatic heterocycles. The molecule has 1 aromatic rings. The van der Waals surface area contributed by atoms with Crippen molar-refractivity contribution in [2.24, 2.45) is 5.92 Å². The Labute approximate surface area is 121 Å². The van der Waals surface area contributed by atoms with Gasteiger partial charge in [-0.2, -0.15) is 13.2 Å².